The maximum Gasteiger partial charge on any atom is 0.222 e. The van der Waals surface area contributed by atoms with Gasteiger partial charge in [0.05, 0.1) is 6.54 Å². The summed E-state index contributed by atoms with van der Waals surface area (Å²) in [5, 5.41) is 8.89. The van der Waals surface area contributed by atoms with Crippen LogP contribution in [0.25, 0.3) is 0 Å². The topological polar surface area (TPSA) is 54.3 Å². The lowest BCUT2D eigenvalue weighted by Gasteiger charge is -2.33. The molecule has 1 saturated heterocycles. The maximum absolute atomic E-state index is 12.7. The van der Waals surface area contributed by atoms with Gasteiger partial charge in [-0.3, -0.25) is 9.69 Å². The minimum Gasteiger partial charge on any atom is -0.342 e. The maximum atomic E-state index is 12.7. The first-order chi connectivity index (χ1) is 12.7. The smallest absolute Gasteiger partial charge is 0.222 e. The molecule has 6 nitrogen and oxygen atoms in total. The fourth-order valence-corrected chi connectivity index (χ4v) is 4.07. The van der Waals surface area contributed by atoms with Crippen LogP contribution in [-0.2, 0) is 24.3 Å². The predicted molar refractivity (Wildman–Crippen MR) is 99.7 cm³/mol. The van der Waals surface area contributed by atoms with Crippen LogP contribution in [0.1, 0.15) is 42.4 Å². The summed E-state index contributed by atoms with van der Waals surface area (Å²) in [5.74, 6) is 2.71. The Labute approximate surface area is 154 Å². The van der Waals surface area contributed by atoms with Gasteiger partial charge in [0.25, 0.3) is 0 Å². The third-order valence-electron chi connectivity index (χ3n) is 5.58. The van der Waals surface area contributed by atoms with Gasteiger partial charge in [0.15, 0.2) is 0 Å². The molecule has 1 aromatic carbocycles. The molecule has 1 amide bonds. The lowest BCUT2D eigenvalue weighted by atomic mass is 9.96. The van der Waals surface area contributed by atoms with Crippen LogP contribution in [-0.4, -0.2) is 57.2 Å². The van der Waals surface area contributed by atoms with E-state index in [0.717, 1.165) is 63.6 Å². The van der Waals surface area contributed by atoms with Crippen molar-refractivity contribution in [3.05, 3.63) is 47.5 Å². The molecule has 4 rings (SSSR count). The number of carbonyl (C=O) groups is 1. The second-order valence-corrected chi connectivity index (χ2v) is 7.53. The molecule has 26 heavy (non-hydrogen) atoms. The summed E-state index contributed by atoms with van der Waals surface area (Å²) in [7, 11) is 2.12. The molecule has 1 atom stereocenters. The van der Waals surface area contributed by atoms with Crippen molar-refractivity contribution in [3.63, 3.8) is 0 Å². The number of piperidine rings is 1. The molecule has 2 aromatic rings. The van der Waals surface area contributed by atoms with Gasteiger partial charge in [-0.2, -0.15) is 0 Å². The zero-order valence-electron chi connectivity index (χ0n) is 15.5. The number of aryl methyl sites for hydroxylation is 1. The summed E-state index contributed by atoms with van der Waals surface area (Å²) in [6, 6.07) is 10.3. The van der Waals surface area contributed by atoms with Crippen molar-refractivity contribution in [2.75, 3.05) is 26.7 Å². The summed E-state index contributed by atoms with van der Waals surface area (Å²) >= 11 is 0. The Balaban J connectivity index is 1.39. The van der Waals surface area contributed by atoms with Crippen LogP contribution in [0.5, 0.6) is 0 Å². The largest absolute Gasteiger partial charge is 0.342 e. The number of benzene rings is 1. The van der Waals surface area contributed by atoms with E-state index < -0.39 is 0 Å². The molecule has 0 saturated carbocycles. The van der Waals surface area contributed by atoms with Crippen molar-refractivity contribution in [1.29, 1.82) is 0 Å². The predicted octanol–water partition coefficient (Wildman–Crippen LogP) is 2.06. The Morgan fingerprint density at radius 2 is 2.00 bits per heavy atom. The van der Waals surface area contributed by atoms with E-state index in [1.807, 2.05) is 23.1 Å². The van der Waals surface area contributed by atoms with E-state index in [4.69, 9.17) is 0 Å². The summed E-state index contributed by atoms with van der Waals surface area (Å²) in [5.41, 5.74) is 1.23. The third kappa shape index (κ3) is 3.65. The van der Waals surface area contributed by atoms with Gasteiger partial charge in [-0.1, -0.05) is 30.3 Å². The number of amides is 1. The van der Waals surface area contributed by atoms with E-state index in [2.05, 4.69) is 38.8 Å². The second kappa shape index (κ2) is 7.58. The van der Waals surface area contributed by atoms with Gasteiger partial charge in [-0.05, 0) is 31.9 Å². The number of aromatic nitrogens is 3. The molecule has 2 aliphatic heterocycles. The Morgan fingerprint density at radius 1 is 1.15 bits per heavy atom. The number of likely N-dealkylation sites (tertiary alicyclic amines) is 1. The monoisotopic (exact) mass is 353 g/mol. The van der Waals surface area contributed by atoms with Crippen LogP contribution >= 0.6 is 0 Å². The third-order valence-corrected chi connectivity index (χ3v) is 5.58. The molecular formula is C20H27N5O. The molecule has 1 fully saturated rings. The quantitative estimate of drug-likeness (QED) is 0.844. The Kier molecular flexibility index (Phi) is 5.02. The van der Waals surface area contributed by atoms with Crippen molar-refractivity contribution in [2.24, 2.45) is 0 Å². The van der Waals surface area contributed by atoms with Gasteiger partial charge in [-0.25, -0.2) is 0 Å². The average molecular weight is 353 g/mol. The van der Waals surface area contributed by atoms with Crippen molar-refractivity contribution >= 4 is 5.91 Å². The molecule has 3 heterocycles. The Bertz CT molecular complexity index is 757. The van der Waals surface area contributed by atoms with Crippen LogP contribution in [0, 0.1) is 0 Å². The molecule has 0 radical (unpaired) electrons. The molecular weight excluding hydrogens is 326 g/mol. The van der Waals surface area contributed by atoms with Gasteiger partial charge < -0.3 is 9.47 Å². The number of hydrogen-bond acceptors (Lipinski definition) is 4. The molecule has 0 bridgehead atoms. The summed E-state index contributed by atoms with van der Waals surface area (Å²) in [6.45, 7) is 4.49. The SMILES string of the molecule is CN1CCn2c(nnc2C2CCCN(C(=O)CCc3ccccc3)C2)C1. The molecule has 0 N–H and O–H groups in total. The summed E-state index contributed by atoms with van der Waals surface area (Å²) in [4.78, 5) is 17.0. The van der Waals surface area contributed by atoms with Gasteiger partial charge in [0, 0.05) is 38.5 Å². The lowest BCUT2D eigenvalue weighted by molar-refractivity contribution is -0.132. The molecule has 138 valence electrons. The zero-order valence-corrected chi connectivity index (χ0v) is 15.5. The minimum absolute atomic E-state index is 0.261. The lowest BCUT2D eigenvalue weighted by Crippen LogP contribution is -2.40. The molecule has 6 heteroatoms. The molecule has 1 unspecified atom stereocenters. The number of rotatable bonds is 4. The van der Waals surface area contributed by atoms with E-state index in [9.17, 15) is 4.79 Å². The zero-order chi connectivity index (χ0) is 17.9. The number of nitrogens with zero attached hydrogens (tertiary/aromatic N) is 5. The highest BCUT2D eigenvalue weighted by atomic mass is 16.2. The first kappa shape index (κ1) is 17.2. The summed E-state index contributed by atoms with van der Waals surface area (Å²) < 4.78 is 2.28. The fourth-order valence-electron chi connectivity index (χ4n) is 4.07. The summed E-state index contributed by atoms with van der Waals surface area (Å²) in [6.07, 6.45) is 3.53. The van der Waals surface area contributed by atoms with Crippen molar-refractivity contribution < 1.29 is 4.79 Å². The van der Waals surface area contributed by atoms with Crippen LogP contribution in [0.4, 0.5) is 0 Å². The Morgan fingerprint density at radius 3 is 2.85 bits per heavy atom. The van der Waals surface area contributed by atoms with E-state index in [-0.39, 0.29) is 5.91 Å². The number of hydrogen-bond donors (Lipinski definition) is 0. The van der Waals surface area contributed by atoms with Gasteiger partial charge >= 0.3 is 0 Å². The first-order valence-corrected chi connectivity index (χ1v) is 9.63. The number of carbonyl (C=O) groups excluding carboxylic acids is 1. The van der Waals surface area contributed by atoms with Crippen molar-refractivity contribution in [1.82, 2.24) is 24.6 Å². The second-order valence-electron chi connectivity index (χ2n) is 7.53. The standard InChI is InChI=1S/C20H27N5O/c1-23-12-13-25-18(15-23)21-22-20(25)17-8-5-11-24(14-17)19(26)10-9-16-6-3-2-4-7-16/h2-4,6-7,17H,5,8-15H2,1H3. The van der Waals surface area contributed by atoms with E-state index in [1.54, 1.807) is 0 Å². The highest BCUT2D eigenvalue weighted by Crippen LogP contribution is 2.28. The molecule has 0 spiro atoms. The average Bonchev–Trinajstić information content (AvgIpc) is 3.10. The molecule has 2 aliphatic rings. The number of fused-ring (bicyclic) bond motifs is 1. The van der Waals surface area contributed by atoms with Crippen LogP contribution in [0.15, 0.2) is 30.3 Å². The highest BCUT2D eigenvalue weighted by molar-refractivity contribution is 5.76. The molecule has 0 aliphatic carbocycles. The Hall–Kier alpha value is -2.21. The van der Waals surface area contributed by atoms with E-state index in [0.29, 0.717) is 12.3 Å². The van der Waals surface area contributed by atoms with E-state index in [1.165, 1.54) is 5.56 Å². The first-order valence-electron chi connectivity index (χ1n) is 9.63. The number of likely N-dealkylation sites (N-methyl/N-ethyl adjacent to an activating group) is 1. The highest BCUT2D eigenvalue weighted by Gasteiger charge is 2.30. The van der Waals surface area contributed by atoms with Crippen LogP contribution in [0.3, 0.4) is 0 Å². The minimum atomic E-state index is 0.261. The van der Waals surface area contributed by atoms with E-state index >= 15 is 0 Å². The van der Waals surface area contributed by atoms with Gasteiger partial charge in [0.2, 0.25) is 5.91 Å². The van der Waals surface area contributed by atoms with Crippen LogP contribution < -0.4 is 0 Å². The van der Waals surface area contributed by atoms with Crippen molar-refractivity contribution in [3.8, 4) is 0 Å². The van der Waals surface area contributed by atoms with Crippen molar-refractivity contribution in [2.45, 2.75) is 44.7 Å². The van der Waals surface area contributed by atoms with Crippen LogP contribution in [0.2, 0.25) is 0 Å². The normalized spacial score (nSPS) is 20.8. The van der Waals surface area contributed by atoms with Gasteiger partial charge in [0.1, 0.15) is 11.6 Å². The molecule has 1 aromatic heterocycles. The fraction of sp³-hybridized carbons (Fsp3) is 0.550. The van der Waals surface area contributed by atoms with Gasteiger partial charge in [-0.15, -0.1) is 10.2 Å².